The molecular formula is C6H6ClN3O2. The van der Waals surface area contributed by atoms with Crippen LogP contribution in [0.5, 0.6) is 0 Å². The predicted octanol–water partition coefficient (Wildman–Crippen LogP) is 1.60. The van der Waals surface area contributed by atoms with E-state index in [-0.39, 0.29) is 10.8 Å². The van der Waals surface area contributed by atoms with Gasteiger partial charge in [0.1, 0.15) is 12.0 Å². The molecule has 0 fully saturated rings. The number of halogens is 1. The molecule has 1 aromatic heterocycles. The Balaban J connectivity index is 3.29. The van der Waals surface area contributed by atoms with Gasteiger partial charge in [-0.2, -0.15) is 0 Å². The van der Waals surface area contributed by atoms with Crippen molar-refractivity contribution in [1.29, 1.82) is 0 Å². The van der Waals surface area contributed by atoms with Crippen molar-refractivity contribution < 1.29 is 4.92 Å². The third-order valence-corrected chi connectivity index (χ3v) is 1.65. The van der Waals surface area contributed by atoms with Gasteiger partial charge in [-0.25, -0.2) is 9.97 Å². The zero-order chi connectivity index (χ0) is 9.14. The maximum atomic E-state index is 10.4. The fraction of sp³-hybridized carbons (Fsp3) is 0.333. The van der Waals surface area contributed by atoms with Crippen LogP contribution in [0, 0.1) is 10.1 Å². The Labute approximate surface area is 73.6 Å². The fourth-order valence-corrected chi connectivity index (χ4v) is 1.05. The molecular weight excluding hydrogens is 182 g/mol. The third-order valence-electron chi connectivity index (χ3n) is 1.37. The number of aryl methyl sites for hydroxylation is 1. The summed E-state index contributed by atoms with van der Waals surface area (Å²) in [7, 11) is 0. The molecule has 1 rings (SSSR count). The molecule has 0 amide bonds. The first-order valence-electron chi connectivity index (χ1n) is 3.30. The molecule has 6 heteroatoms. The normalized spacial score (nSPS) is 9.83. The van der Waals surface area contributed by atoms with Gasteiger partial charge in [-0.1, -0.05) is 18.5 Å². The summed E-state index contributed by atoms with van der Waals surface area (Å²) in [6.45, 7) is 1.77. The van der Waals surface area contributed by atoms with Crippen LogP contribution in [0.1, 0.15) is 12.6 Å². The molecule has 0 saturated heterocycles. The summed E-state index contributed by atoms with van der Waals surface area (Å²) < 4.78 is 0. The number of hydrogen-bond donors (Lipinski definition) is 0. The molecule has 0 bridgehead atoms. The molecule has 0 unspecified atom stereocenters. The van der Waals surface area contributed by atoms with Crippen molar-refractivity contribution in [3.63, 3.8) is 0 Å². The Kier molecular flexibility index (Phi) is 2.54. The molecule has 0 radical (unpaired) electrons. The van der Waals surface area contributed by atoms with Crippen molar-refractivity contribution in [1.82, 2.24) is 9.97 Å². The van der Waals surface area contributed by atoms with Crippen LogP contribution in [0.15, 0.2) is 6.33 Å². The summed E-state index contributed by atoms with van der Waals surface area (Å²) in [5, 5.41) is 10.3. The van der Waals surface area contributed by atoms with Crippen LogP contribution >= 0.6 is 11.6 Å². The highest BCUT2D eigenvalue weighted by atomic mass is 35.5. The minimum absolute atomic E-state index is 0.105. The standard InChI is InChI=1S/C6H6ClN3O2/c1-2-4-5(10(11)12)6(7)9-3-8-4/h3H,2H2,1H3. The molecule has 12 heavy (non-hydrogen) atoms. The van der Waals surface area contributed by atoms with Crippen molar-refractivity contribution >= 4 is 17.3 Å². The van der Waals surface area contributed by atoms with Crippen molar-refractivity contribution in [3.05, 3.63) is 27.3 Å². The molecule has 0 aliphatic rings. The van der Waals surface area contributed by atoms with Gasteiger partial charge < -0.3 is 0 Å². The molecule has 0 aliphatic heterocycles. The zero-order valence-electron chi connectivity index (χ0n) is 6.32. The highest BCUT2D eigenvalue weighted by molar-refractivity contribution is 6.31. The van der Waals surface area contributed by atoms with Crippen molar-refractivity contribution in [2.75, 3.05) is 0 Å². The smallest absolute Gasteiger partial charge is 0.258 e. The Morgan fingerprint density at radius 2 is 2.33 bits per heavy atom. The second-order valence-corrected chi connectivity index (χ2v) is 2.43. The molecule has 0 atom stereocenters. The van der Waals surface area contributed by atoms with E-state index in [9.17, 15) is 10.1 Å². The summed E-state index contributed by atoms with van der Waals surface area (Å²) >= 11 is 5.51. The van der Waals surface area contributed by atoms with Crippen molar-refractivity contribution in [2.45, 2.75) is 13.3 Å². The number of rotatable bonds is 2. The molecule has 64 valence electrons. The lowest BCUT2D eigenvalue weighted by Gasteiger charge is -1.97. The highest BCUT2D eigenvalue weighted by Crippen LogP contribution is 2.23. The maximum absolute atomic E-state index is 10.4. The van der Waals surface area contributed by atoms with Gasteiger partial charge in [0.05, 0.1) is 4.92 Å². The Morgan fingerprint density at radius 1 is 1.67 bits per heavy atom. The fourth-order valence-electron chi connectivity index (χ4n) is 0.830. The topological polar surface area (TPSA) is 68.9 Å². The molecule has 0 aliphatic carbocycles. The SMILES string of the molecule is CCc1ncnc(Cl)c1[N+](=O)[O-]. The van der Waals surface area contributed by atoms with E-state index in [0.29, 0.717) is 12.1 Å². The number of hydrogen-bond acceptors (Lipinski definition) is 4. The van der Waals surface area contributed by atoms with E-state index in [1.54, 1.807) is 6.92 Å². The van der Waals surface area contributed by atoms with Gasteiger partial charge in [0, 0.05) is 0 Å². The Bertz CT molecular complexity index is 316. The minimum Gasteiger partial charge on any atom is -0.258 e. The molecule has 0 spiro atoms. The average Bonchev–Trinajstić information content (AvgIpc) is 2.03. The van der Waals surface area contributed by atoms with Crippen molar-refractivity contribution in [3.8, 4) is 0 Å². The van der Waals surface area contributed by atoms with Crippen LogP contribution < -0.4 is 0 Å². The summed E-state index contributed by atoms with van der Waals surface area (Å²) in [5.41, 5.74) is 0.168. The van der Waals surface area contributed by atoms with Crippen LogP contribution in [0.2, 0.25) is 5.15 Å². The lowest BCUT2D eigenvalue weighted by molar-refractivity contribution is -0.386. The van der Waals surface area contributed by atoms with Crippen LogP contribution in [0.3, 0.4) is 0 Å². The second kappa shape index (κ2) is 3.44. The third kappa shape index (κ3) is 1.50. The highest BCUT2D eigenvalue weighted by Gasteiger charge is 2.19. The summed E-state index contributed by atoms with van der Waals surface area (Å²) in [4.78, 5) is 17.1. The van der Waals surface area contributed by atoms with Crippen LogP contribution in [-0.4, -0.2) is 14.9 Å². The van der Waals surface area contributed by atoms with Crippen molar-refractivity contribution in [2.24, 2.45) is 0 Å². The van der Waals surface area contributed by atoms with Gasteiger partial charge >= 0.3 is 5.69 Å². The summed E-state index contributed by atoms with van der Waals surface area (Å²) in [6.07, 6.45) is 1.69. The summed E-state index contributed by atoms with van der Waals surface area (Å²) in [6, 6.07) is 0. The average molecular weight is 188 g/mol. The maximum Gasteiger partial charge on any atom is 0.327 e. The van der Waals surface area contributed by atoms with E-state index >= 15 is 0 Å². The predicted molar refractivity (Wildman–Crippen MR) is 43.1 cm³/mol. The van der Waals surface area contributed by atoms with E-state index in [1.807, 2.05) is 0 Å². The van der Waals surface area contributed by atoms with Crippen LogP contribution in [-0.2, 0) is 6.42 Å². The number of nitro groups is 1. The largest absolute Gasteiger partial charge is 0.327 e. The quantitative estimate of drug-likeness (QED) is 0.401. The molecule has 5 nitrogen and oxygen atoms in total. The lowest BCUT2D eigenvalue weighted by Crippen LogP contribution is -1.99. The minimum atomic E-state index is -0.568. The molecule has 1 heterocycles. The first kappa shape index (κ1) is 8.86. The van der Waals surface area contributed by atoms with Gasteiger partial charge in [-0.15, -0.1) is 0 Å². The lowest BCUT2D eigenvalue weighted by atomic mass is 10.3. The molecule has 0 aromatic carbocycles. The zero-order valence-corrected chi connectivity index (χ0v) is 7.08. The molecule has 0 N–H and O–H groups in total. The first-order chi connectivity index (χ1) is 5.66. The van der Waals surface area contributed by atoms with Gasteiger partial charge in [-0.3, -0.25) is 10.1 Å². The van der Waals surface area contributed by atoms with E-state index in [4.69, 9.17) is 11.6 Å². The number of aromatic nitrogens is 2. The Morgan fingerprint density at radius 3 is 2.75 bits per heavy atom. The van der Waals surface area contributed by atoms with E-state index in [0.717, 1.165) is 0 Å². The molecule has 0 saturated carbocycles. The first-order valence-corrected chi connectivity index (χ1v) is 3.68. The van der Waals surface area contributed by atoms with E-state index < -0.39 is 4.92 Å². The summed E-state index contributed by atoms with van der Waals surface area (Å²) in [5.74, 6) is 0. The van der Waals surface area contributed by atoms with Gasteiger partial charge in [0.25, 0.3) is 0 Å². The molecule has 1 aromatic rings. The van der Waals surface area contributed by atoms with Crippen LogP contribution in [0.4, 0.5) is 5.69 Å². The van der Waals surface area contributed by atoms with Gasteiger partial charge in [-0.05, 0) is 6.42 Å². The van der Waals surface area contributed by atoms with Gasteiger partial charge in [0.15, 0.2) is 0 Å². The van der Waals surface area contributed by atoms with E-state index in [1.165, 1.54) is 6.33 Å². The van der Waals surface area contributed by atoms with E-state index in [2.05, 4.69) is 9.97 Å². The van der Waals surface area contributed by atoms with Crippen LogP contribution in [0.25, 0.3) is 0 Å². The Hall–Kier alpha value is -1.23. The number of nitrogens with zero attached hydrogens (tertiary/aromatic N) is 3. The monoisotopic (exact) mass is 187 g/mol. The van der Waals surface area contributed by atoms with Gasteiger partial charge in [0.2, 0.25) is 5.15 Å². The second-order valence-electron chi connectivity index (χ2n) is 2.07.